The molecule has 0 unspecified atom stereocenters. The van der Waals surface area contributed by atoms with E-state index in [1.165, 1.54) is 5.56 Å². The molecule has 0 aliphatic rings. The largest absolute Gasteiger partial charge is 0.496 e. The van der Waals surface area contributed by atoms with Crippen LogP contribution in [0.2, 0.25) is 0 Å². The van der Waals surface area contributed by atoms with Crippen LogP contribution in [0, 0.1) is 6.92 Å². The summed E-state index contributed by atoms with van der Waals surface area (Å²) in [7, 11) is 1.69. The van der Waals surface area contributed by atoms with Gasteiger partial charge >= 0.3 is 0 Å². The minimum Gasteiger partial charge on any atom is -0.496 e. The van der Waals surface area contributed by atoms with Crippen molar-refractivity contribution in [3.63, 3.8) is 0 Å². The first-order valence-corrected chi connectivity index (χ1v) is 6.96. The maximum absolute atomic E-state index is 5.37. The standard InChI is InChI=1S/C13H15NOS2/c1-9-3-4-12(15-2)10(7-9)11-8-17-13(14-11)5-6-16/h3-4,7-8,16H,5-6H2,1-2H3. The lowest BCUT2D eigenvalue weighted by molar-refractivity contribution is 0.416. The molecule has 17 heavy (non-hydrogen) atoms. The molecule has 2 aromatic rings. The number of thiol groups is 1. The maximum Gasteiger partial charge on any atom is 0.128 e. The number of benzene rings is 1. The number of methoxy groups -OCH3 is 1. The molecule has 1 aromatic carbocycles. The van der Waals surface area contributed by atoms with Crippen LogP contribution < -0.4 is 4.74 Å². The smallest absolute Gasteiger partial charge is 0.128 e. The third-order valence-electron chi connectivity index (χ3n) is 2.51. The first-order chi connectivity index (χ1) is 8.24. The molecule has 0 radical (unpaired) electrons. The van der Waals surface area contributed by atoms with E-state index in [4.69, 9.17) is 4.74 Å². The molecule has 0 bridgehead atoms. The molecule has 1 aromatic heterocycles. The second-order valence-electron chi connectivity index (χ2n) is 3.80. The van der Waals surface area contributed by atoms with Crippen molar-refractivity contribution in [1.29, 1.82) is 0 Å². The number of rotatable bonds is 4. The summed E-state index contributed by atoms with van der Waals surface area (Å²) in [5, 5.41) is 3.20. The summed E-state index contributed by atoms with van der Waals surface area (Å²) < 4.78 is 5.37. The molecule has 0 saturated carbocycles. The van der Waals surface area contributed by atoms with E-state index >= 15 is 0 Å². The van der Waals surface area contributed by atoms with Gasteiger partial charge in [-0.3, -0.25) is 0 Å². The van der Waals surface area contributed by atoms with E-state index in [-0.39, 0.29) is 0 Å². The number of nitrogens with zero attached hydrogens (tertiary/aromatic N) is 1. The van der Waals surface area contributed by atoms with E-state index in [9.17, 15) is 0 Å². The van der Waals surface area contributed by atoms with Gasteiger partial charge in [0, 0.05) is 17.4 Å². The maximum atomic E-state index is 5.37. The van der Waals surface area contributed by atoms with E-state index < -0.39 is 0 Å². The van der Waals surface area contributed by atoms with E-state index in [1.54, 1.807) is 18.4 Å². The zero-order valence-corrected chi connectivity index (χ0v) is 11.6. The lowest BCUT2D eigenvalue weighted by Gasteiger charge is -2.06. The molecule has 0 N–H and O–H groups in total. The average molecular weight is 265 g/mol. The normalized spacial score (nSPS) is 10.5. The van der Waals surface area contributed by atoms with Gasteiger partial charge in [-0.05, 0) is 24.8 Å². The van der Waals surface area contributed by atoms with Crippen molar-refractivity contribution < 1.29 is 4.74 Å². The first-order valence-electron chi connectivity index (χ1n) is 5.45. The van der Waals surface area contributed by atoms with E-state index in [1.807, 2.05) is 12.1 Å². The predicted molar refractivity (Wildman–Crippen MR) is 76.4 cm³/mol. The highest BCUT2D eigenvalue weighted by molar-refractivity contribution is 7.80. The summed E-state index contributed by atoms with van der Waals surface area (Å²) in [6.45, 7) is 2.07. The molecule has 0 saturated heterocycles. The SMILES string of the molecule is COc1ccc(C)cc1-c1csc(CCS)n1. The highest BCUT2D eigenvalue weighted by Gasteiger charge is 2.09. The Morgan fingerprint density at radius 2 is 2.24 bits per heavy atom. The van der Waals surface area contributed by atoms with Gasteiger partial charge in [-0.15, -0.1) is 11.3 Å². The van der Waals surface area contributed by atoms with Crippen molar-refractivity contribution in [2.24, 2.45) is 0 Å². The molecule has 4 heteroatoms. The average Bonchev–Trinajstić information content (AvgIpc) is 2.78. The molecular weight excluding hydrogens is 250 g/mol. The van der Waals surface area contributed by atoms with Gasteiger partial charge in [0.2, 0.25) is 0 Å². The van der Waals surface area contributed by atoms with Crippen LogP contribution in [0.25, 0.3) is 11.3 Å². The topological polar surface area (TPSA) is 22.1 Å². The molecule has 0 spiro atoms. The Bertz CT molecular complexity index is 508. The van der Waals surface area contributed by atoms with Crippen molar-refractivity contribution in [2.75, 3.05) is 12.9 Å². The van der Waals surface area contributed by atoms with Crippen LogP contribution in [-0.2, 0) is 6.42 Å². The Morgan fingerprint density at radius 3 is 2.94 bits per heavy atom. The first kappa shape index (κ1) is 12.5. The van der Waals surface area contributed by atoms with Gasteiger partial charge in [0.1, 0.15) is 5.75 Å². The van der Waals surface area contributed by atoms with Crippen molar-refractivity contribution in [3.8, 4) is 17.0 Å². The Labute approximate surface area is 111 Å². The van der Waals surface area contributed by atoms with Crippen molar-refractivity contribution in [3.05, 3.63) is 34.2 Å². The summed E-state index contributed by atoms with van der Waals surface area (Å²) in [6.07, 6.45) is 0.919. The van der Waals surface area contributed by atoms with E-state index in [0.717, 1.165) is 34.2 Å². The van der Waals surface area contributed by atoms with Crippen molar-refractivity contribution >= 4 is 24.0 Å². The van der Waals surface area contributed by atoms with Crippen LogP contribution >= 0.6 is 24.0 Å². The van der Waals surface area contributed by atoms with Gasteiger partial charge in [0.15, 0.2) is 0 Å². The summed E-state index contributed by atoms with van der Waals surface area (Å²) in [4.78, 5) is 4.61. The second-order valence-corrected chi connectivity index (χ2v) is 5.19. The highest BCUT2D eigenvalue weighted by Crippen LogP contribution is 2.31. The van der Waals surface area contributed by atoms with Crippen LogP contribution in [0.5, 0.6) is 5.75 Å². The molecule has 0 aliphatic carbocycles. The van der Waals surface area contributed by atoms with Crippen LogP contribution in [-0.4, -0.2) is 17.8 Å². The van der Waals surface area contributed by atoms with Gasteiger partial charge in [-0.1, -0.05) is 11.6 Å². The monoisotopic (exact) mass is 265 g/mol. The van der Waals surface area contributed by atoms with E-state index in [0.29, 0.717) is 0 Å². The molecule has 0 amide bonds. The minimum atomic E-state index is 0.831. The fourth-order valence-corrected chi connectivity index (χ4v) is 2.83. The molecule has 90 valence electrons. The van der Waals surface area contributed by atoms with Gasteiger partial charge < -0.3 is 4.74 Å². The minimum absolute atomic E-state index is 0.831. The van der Waals surface area contributed by atoms with Gasteiger partial charge in [0.25, 0.3) is 0 Å². The molecule has 0 fully saturated rings. The number of aryl methyl sites for hydroxylation is 2. The van der Waals surface area contributed by atoms with Crippen LogP contribution in [0.1, 0.15) is 10.6 Å². The Morgan fingerprint density at radius 1 is 1.41 bits per heavy atom. The number of hydrogen-bond acceptors (Lipinski definition) is 4. The van der Waals surface area contributed by atoms with Gasteiger partial charge in [-0.2, -0.15) is 12.6 Å². The third kappa shape index (κ3) is 2.82. The Kier molecular flexibility index (Phi) is 4.07. The summed E-state index contributed by atoms with van der Waals surface area (Å²) in [6, 6.07) is 6.14. The Hall–Kier alpha value is -1.00. The fourth-order valence-electron chi connectivity index (χ4n) is 1.67. The summed E-state index contributed by atoms with van der Waals surface area (Å²) in [5.41, 5.74) is 3.27. The van der Waals surface area contributed by atoms with Gasteiger partial charge in [-0.25, -0.2) is 4.98 Å². The highest BCUT2D eigenvalue weighted by atomic mass is 32.1. The number of thiazole rings is 1. The second kappa shape index (κ2) is 5.56. The van der Waals surface area contributed by atoms with Crippen LogP contribution in [0.4, 0.5) is 0 Å². The summed E-state index contributed by atoms with van der Waals surface area (Å²) >= 11 is 5.90. The summed E-state index contributed by atoms with van der Waals surface area (Å²) in [5.74, 6) is 1.70. The lowest BCUT2D eigenvalue weighted by atomic mass is 10.1. The lowest BCUT2D eigenvalue weighted by Crippen LogP contribution is -1.90. The van der Waals surface area contributed by atoms with Crippen LogP contribution in [0.3, 0.4) is 0 Å². The predicted octanol–water partition coefficient (Wildman–Crippen LogP) is 3.60. The fraction of sp³-hybridized carbons (Fsp3) is 0.308. The third-order valence-corrected chi connectivity index (χ3v) is 3.64. The van der Waals surface area contributed by atoms with E-state index in [2.05, 4.69) is 36.0 Å². The number of hydrogen-bond donors (Lipinski definition) is 1. The Balaban J connectivity index is 2.40. The molecular formula is C13H15NOS2. The molecule has 0 aliphatic heterocycles. The van der Waals surface area contributed by atoms with Crippen molar-refractivity contribution in [1.82, 2.24) is 4.98 Å². The molecule has 2 rings (SSSR count). The van der Waals surface area contributed by atoms with Gasteiger partial charge in [0.05, 0.1) is 17.8 Å². The zero-order valence-electron chi connectivity index (χ0n) is 9.93. The van der Waals surface area contributed by atoms with Crippen molar-refractivity contribution in [2.45, 2.75) is 13.3 Å². The quantitative estimate of drug-likeness (QED) is 0.853. The molecule has 1 heterocycles. The number of aromatic nitrogens is 1. The molecule has 2 nitrogen and oxygen atoms in total. The number of ether oxygens (including phenoxy) is 1. The van der Waals surface area contributed by atoms with Crippen LogP contribution in [0.15, 0.2) is 23.6 Å². The molecule has 0 atom stereocenters. The zero-order chi connectivity index (χ0) is 12.3.